The van der Waals surface area contributed by atoms with E-state index in [1.807, 2.05) is 6.92 Å². The normalized spacial score (nSPS) is 12.1. The molecule has 96 valence electrons. The minimum absolute atomic E-state index is 0.155. The quantitative estimate of drug-likeness (QED) is 0.894. The van der Waals surface area contributed by atoms with E-state index >= 15 is 0 Å². The van der Waals surface area contributed by atoms with Gasteiger partial charge in [-0.1, -0.05) is 18.5 Å². The Bertz CT molecular complexity index is 487. The Kier molecular flexibility index (Phi) is 4.94. The molecule has 0 aliphatic carbocycles. The van der Waals surface area contributed by atoms with Crippen molar-refractivity contribution in [2.45, 2.75) is 24.8 Å². The Morgan fingerprint density at radius 1 is 1.41 bits per heavy atom. The summed E-state index contributed by atoms with van der Waals surface area (Å²) in [5, 5.41) is 9.42. The van der Waals surface area contributed by atoms with Gasteiger partial charge in [-0.2, -0.15) is 0 Å². The first-order chi connectivity index (χ1) is 7.93. The summed E-state index contributed by atoms with van der Waals surface area (Å²) in [6.45, 7) is 2.09. The molecule has 0 saturated carbocycles. The highest BCUT2D eigenvalue weighted by Crippen LogP contribution is 2.22. The van der Waals surface area contributed by atoms with Gasteiger partial charge in [0.05, 0.1) is 11.5 Å². The predicted molar refractivity (Wildman–Crippen MR) is 67.5 cm³/mol. The first-order valence-corrected chi connectivity index (χ1v) is 7.11. The predicted octanol–water partition coefficient (Wildman–Crippen LogP) is 1.86. The van der Waals surface area contributed by atoms with Gasteiger partial charge in [-0.05, 0) is 30.2 Å². The zero-order chi connectivity index (χ0) is 13.1. The molecular formula is C11H16ClNO3S. The van der Waals surface area contributed by atoms with Crippen LogP contribution in [0, 0.1) is 0 Å². The van der Waals surface area contributed by atoms with Crippen molar-refractivity contribution in [1.29, 1.82) is 0 Å². The molecule has 6 heteroatoms. The van der Waals surface area contributed by atoms with E-state index in [4.69, 9.17) is 16.7 Å². The Morgan fingerprint density at radius 3 is 2.59 bits per heavy atom. The van der Waals surface area contributed by atoms with Gasteiger partial charge in [0, 0.05) is 18.6 Å². The molecule has 0 spiro atoms. The van der Waals surface area contributed by atoms with Crippen molar-refractivity contribution in [3.63, 3.8) is 0 Å². The molecule has 0 heterocycles. The monoisotopic (exact) mass is 277 g/mol. The molecule has 0 fully saturated rings. The van der Waals surface area contributed by atoms with Crippen LogP contribution in [0.15, 0.2) is 23.1 Å². The van der Waals surface area contributed by atoms with Gasteiger partial charge in [0.15, 0.2) is 0 Å². The summed E-state index contributed by atoms with van der Waals surface area (Å²) in [6.07, 6.45) is 0.746. The fourth-order valence-electron chi connectivity index (χ4n) is 1.45. The molecule has 4 nitrogen and oxygen atoms in total. The lowest BCUT2D eigenvalue weighted by atomic mass is 10.2. The maximum Gasteiger partial charge on any atom is 0.242 e. The number of hydrogen-bond acceptors (Lipinski definition) is 3. The molecule has 1 aromatic rings. The maximum absolute atomic E-state index is 12.1. The molecule has 0 amide bonds. The second-order valence-corrected chi connectivity index (χ2v) is 6.19. The molecule has 1 aromatic carbocycles. The van der Waals surface area contributed by atoms with E-state index in [-0.39, 0.29) is 11.5 Å². The summed E-state index contributed by atoms with van der Waals surface area (Å²) in [5.74, 6) is 0. The smallest absolute Gasteiger partial charge is 0.242 e. The van der Waals surface area contributed by atoms with Crippen LogP contribution in [0.4, 0.5) is 0 Å². The van der Waals surface area contributed by atoms with Crippen molar-refractivity contribution in [3.05, 3.63) is 28.8 Å². The van der Waals surface area contributed by atoms with Gasteiger partial charge in [0.2, 0.25) is 10.0 Å². The van der Waals surface area contributed by atoms with Crippen molar-refractivity contribution < 1.29 is 13.5 Å². The van der Waals surface area contributed by atoms with Gasteiger partial charge in [-0.25, -0.2) is 12.7 Å². The van der Waals surface area contributed by atoms with Crippen molar-refractivity contribution in [1.82, 2.24) is 4.31 Å². The minimum atomic E-state index is -3.49. The molecule has 0 bridgehead atoms. The summed E-state index contributed by atoms with van der Waals surface area (Å²) in [6, 6.07) is 4.34. The van der Waals surface area contributed by atoms with Crippen LogP contribution in [0.1, 0.15) is 18.9 Å². The molecule has 0 unspecified atom stereocenters. The zero-order valence-corrected chi connectivity index (χ0v) is 11.4. The van der Waals surface area contributed by atoms with E-state index in [1.165, 1.54) is 29.6 Å². The lowest BCUT2D eigenvalue weighted by molar-refractivity contribution is 0.281. The van der Waals surface area contributed by atoms with Crippen molar-refractivity contribution in [3.8, 4) is 0 Å². The van der Waals surface area contributed by atoms with E-state index in [9.17, 15) is 8.42 Å². The largest absolute Gasteiger partial charge is 0.392 e. The Labute approximate surface area is 107 Å². The van der Waals surface area contributed by atoms with Crippen molar-refractivity contribution in [2.75, 3.05) is 13.6 Å². The Balaban J connectivity index is 3.15. The van der Waals surface area contributed by atoms with Crippen molar-refractivity contribution in [2.24, 2.45) is 0 Å². The molecule has 0 radical (unpaired) electrons. The van der Waals surface area contributed by atoms with Crippen LogP contribution in [0.3, 0.4) is 0 Å². The second-order valence-electron chi connectivity index (χ2n) is 3.74. The fourth-order valence-corrected chi connectivity index (χ4v) is 2.94. The molecule has 17 heavy (non-hydrogen) atoms. The van der Waals surface area contributed by atoms with Gasteiger partial charge in [0.25, 0.3) is 0 Å². The summed E-state index contributed by atoms with van der Waals surface area (Å²) in [5.41, 5.74) is 0.414. The molecule has 0 aliphatic rings. The third-order valence-electron chi connectivity index (χ3n) is 2.43. The number of nitrogens with zero attached hydrogens (tertiary/aromatic N) is 1. The highest BCUT2D eigenvalue weighted by molar-refractivity contribution is 7.89. The van der Waals surface area contributed by atoms with Crippen LogP contribution >= 0.6 is 11.6 Å². The van der Waals surface area contributed by atoms with E-state index in [0.29, 0.717) is 17.1 Å². The SMILES string of the molecule is CCCN(C)S(=O)(=O)c1ccc(Cl)c(CO)c1. The Morgan fingerprint density at radius 2 is 2.06 bits per heavy atom. The van der Waals surface area contributed by atoms with Crippen LogP contribution in [0.2, 0.25) is 5.02 Å². The first kappa shape index (κ1) is 14.4. The molecule has 1 rings (SSSR count). The molecule has 0 aromatic heterocycles. The van der Waals surface area contributed by atoms with Crippen LogP contribution in [0.25, 0.3) is 0 Å². The van der Waals surface area contributed by atoms with Crippen LogP contribution in [0.5, 0.6) is 0 Å². The summed E-state index contributed by atoms with van der Waals surface area (Å²) in [4.78, 5) is 0.155. The molecule has 0 saturated heterocycles. The van der Waals surface area contributed by atoms with Crippen molar-refractivity contribution >= 4 is 21.6 Å². The molecular weight excluding hydrogens is 262 g/mol. The average molecular weight is 278 g/mol. The van der Waals surface area contributed by atoms with Crippen LogP contribution in [-0.4, -0.2) is 31.4 Å². The lowest BCUT2D eigenvalue weighted by Crippen LogP contribution is -2.27. The minimum Gasteiger partial charge on any atom is -0.392 e. The number of halogens is 1. The standard InChI is InChI=1S/C11H16ClNO3S/c1-3-6-13(2)17(15,16)10-4-5-11(12)9(7-10)8-14/h4-5,7,14H,3,6,8H2,1-2H3. The summed E-state index contributed by atoms with van der Waals surface area (Å²) >= 11 is 5.82. The second kappa shape index (κ2) is 5.82. The number of hydrogen-bond donors (Lipinski definition) is 1. The number of sulfonamides is 1. The summed E-state index contributed by atoms with van der Waals surface area (Å²) < 4.78 is 25.5. The van der Waals surface area contributed by atoms with Gasteiger partial charge in [-0.15, -0.1) is 0 Å². The number of benzene rings is 1. The number of aliphatic hydroxyl groups is 1. The third-order valence-corrected chi connectivity index (χ3v) is 4.66. The van der Waals surface area contributed by atoms with Gasteiger partial charge in [0.1, 0.15) is 0 Å². The molecule has 0 aliphatic heterocycles. The lowest BCUT2D eigenvalue weighted by Gasteiger charge is -2.16. The maximum atomic E-state index is 12.1. The number of aliphatic hydroxyl groups excluding tert-OH is 1. The van der Waals surface area contributed by atoms with E-state index in [1.54, 1.807) is 0 Å². The van der Waals surface area contributed by atoms with E-state index in [0.717, 1.165) is 6.42 Å². The Hall–Kier alpha value is -0.620. The van der Waals surface area contributed by atoms with Crippen LogP contribution < -0.4 is 0 Å². The number of rotatable bonds is 5. The molecule has 1 N–H and O–H groups in total. The topological polar surface area (TPSA) is 57.6 Å². The third kappa shape index (κ3) is 3.19. The highest BCUT2D eigenvalue weighted by Gasteiger charge is 2.20. The first-order valence-electron chi connectivity index (χ1n) is 5.29. The zero-order valence-electron chi connectivity index (χ0n) is 9.85. The van der Waals surface area contributed by atoms with Gasteiger partial charge in [-0.3, -0.25) is 0 Å². The molecule has 0 atom stereocenters. The van der Waals surface area contributed by atoms with Crippen LogP contribution in [-0.2, 0) is 16.6 Å². The van der Waals surface area contributed by atoms with E-state index in [2.05, 4.69) is 0 Å². The summed E-state index contributed by atoms with van der Waals surface area (Å²) in [7, 11) is -1.95. The van der Waals surface area contributed by atoms with E-state index < -0.39 is 10.0 Å². The van der Waals surface area contributed by atoms with Gasteiger partial charge >= 0.3 is 0 Å². The highest BCUT2D eigenvalue weighted by atomic mass is 35.5. The van der Waals surface area contributed by atoms with Gasteiger partial charge < -0.3 is 5.11 Å². The fraction of sp³-hybridized carbons (Fsp3) is 0.455. The average Bonchev–Trinajstić information content (AvgIpc) is 2.29.